The molecule has 1 amide bonds. The highest BCUT2D eigenvalue weighted by atomic mass is 16.5. The second-order valence-corrected chi connectivity index (χ2v) is 1.80. The molecule has 0 aliphatic heterocycles. The maximum absolute atomic E-state index is 10.5. The minimum atomic E-state index is -0.198. The SMILES string of the molecule is C=CC(=O)NCOCCC. The molecular weight excluding hydrogens is 130 g/mol. The van der Waals surface area contributed by atoms with E-state index in [0.29, 0.717) is 6.61 Å². The van der Waals surface area contributed by atoms with Gasteiger partial charge in [0.15, 0.2) is 0 Å². The van der Waals surface area contributed by atoms with Crippen LogP contribution in [0.5, 0.6) is 0 Å². The van der Waals surface area contributed by atoms with Crippen LogP contribution in [0.1, 0.15) is 13.3 Å². The zero-order chi connectivity index (χ0) is 7.82. The van der Waals surface area contributed by atoms with Gasteiger partial charge in [0.05, 0.1) is 0 Å². The fourth-order valence-electron chi connectivity index (χ4n) is 0.411. The van der Waals surface area contributed by atoms with Crippen molar-refractivity contribution >= 4 is 5.91 Å². The van der Waals surface area contributed by atoms with Gasteiger partial charge in [-0.05, 0) is 12.5 Å². The third-order valence-electron chi connectivity index (χ3n) is 0.882. The van der Waals surface area contributed by atoms with Gasteiger partial charge in [-0.1, -0.05) is 13.5 Å². The van der Waals surface area contributed by atoms with Crippen molar-refractivity contribution in [1.82, 2.24) is 5.32 Å². The Morgan fingerprint density at radius 1 is 1.80 bits per heavy atom. The van der Waals surface area contributed by atoms with Gasteiger partial charge in [-0.15, -0.1) is 0 Å². The van der Waals surface area contributed by atoms with Crippen molar-refractivity contribution < 1.29 is 9.53 Å². The minimum absolute atomic E-state index is 0.198. The van der Waals surface area contributed by atoms with Crippen molar-refractivity contribution in [2.45, 2.75) is 13.3 Å². The van der Waals surface area contributed by atoms with Gasteiger partial charge in [-0.25, -0.2) is 0 Å². The van der Waals surface area contributed by atoms with Gasteiger partial charge in [0.2, 0.25) is 5.91 Å². The Labute approximate surface area is 61.1 Å². The molecule has 0 spiro atoms. The van der Waals surface area contributed by atoms with Crippen molar-refractivity contribution in [1.29, 1.82) is 0 Å². The third kappa shape index (κ3) is 5.31. The van der Waals surface area contributed by atoms with Gasteiger partial charge < -0.3 is 10.1 Å². The highest BCUT2D eigenvalue weighted by molar-refractivity contribution is 5.86. The van der Waals surface area contributed by atoms with Crippen molar-refractivity contribution in [2.24, 2.45) is 0 Å². The highest BCUT2D eigenvalue weighted by Gasteiger charge is 1.89. The van der Waals surface area contributed by atoms with Crippen molar-refractivity contribution in [3.8, 4) is 0 Å². The lowest BCUT2D eigenvalue weighted by Crippen LogP contribution is -2.23. The molecule has 0 aromatic rings. The monoisotopic (exact) mass is 143 g/mol. The first kappa shape index (κ1) is 9.17. The fraction of sp³-hybridized carbons (Fsp3) is 0.571. The first-order valence-corrected chi connectivity index (χ1v) is 3.29. The van der Waals surface area contributed by atoms with Crippen LogP contribution in [0.3, 0.4) is 0 Å². The summed E-state index contributed by atoms with van der Waals surface area (Å²) in [6.45, 7) is 6.26. The lowest BCUT2D eigenvalue weighted by atomic mass is 10.5. The summed E-state index contributed by atoms with van der Waals surface area (Å²) in [5.41, 5.74) is 0. The topological polar surface area (TPSA) is 38.3 Å². The van der Waals surface area contributed by atoms with Crippen LogP contribution in [0.4, 0.5) is 0 Å². The van der Waals surface area contributed by atoms with Crippen LogP contribution in [0.15, 0.2) is 12.7 Å². The number of ether oxygens (including phenoxy) is 1. The number of nitrogens with one attached hydrogen (secondary N) is 1. The zero-order valence-electron chi connectivity index (χ0n) is 6.22. The van der Waals surface area contributed by atoms with Gasteiger partial charge in [0, 0.05) is 6.61 Å². The third-order valence-corrected chi connectivity index (χ3v) is 0.882. The van der Waals surface area contributed by atoms with E-state index < -0.39 is 0 Å². The van der Waals surface area contributed by atoms with E-state index in [1.165, 1.54) is 6.08 Å². The summed E-state index contributed by atoms with van der Waals surface area (Å²) in [7, 11) is 0. The number of hydrogen-bond acceptors (Lipinski definition) is 2. The molecule has 1 N–H and O–H groups in total. The number of carbonyl (C=O) groups is 1. The van der Waals surface area contributed by atoms with Crippen LogP contribution in [0.2, 0.25) is 0 Å². The molecular formula is C7H13NO2. The zero-order valence-corrected chi connectivity index (χ0v) is 6.22. The maximum Gasteiger partial charge on any atom is 0.245 e. The Kier molecular flexibility index (Phi) is 5.77. The Morgan fingerprint density at radius 2 is 2.50 bits per heavy atom. The lowest BCUT2D eigenvalue weighted by molar-refractivity contribution is -0.118. The second kappa shape index (κ2) is 6.29. The first-order chi connectivity index (χ1) is 4.81. The molecule has 0 aromatic carbocycles. The molecule has 0 atom stereocenters. The average Bonchev–Trinajstić information content (AvgIpc) is 1.98. The highest BCUT2D eigenvalue weighted by Crippen LogP contribution is 1.76. The van der Waals surface area contributed by atoms with Crippen LogP contribution >= 0.6 is 0 Å². The molecule has 0 aromatic heterocycles. The van der Waals surface area contributed by atoms with Crippen molar-refractivity contribution in [2.75, 3.05) is 13.3 Å². The van der Waals surface area contributed by atoms with Crippen LogP contribution < -0.4 is 5.32 Å². The van der Waals surface area contributed by atoms with Gasteiger partial charge in [0.1, 0.15) is 6.73 Å². The summed E-state index contributed by atoms with van der Waals surface area (Å²) in [6, 6.07) is 0. The Hall–Kier alpha value is -0.830. The Morgan fingerprint density at radius 3 is 3.00 bits per heavy atom. The molecule has 0 bridgehead atoms. The van der Waals surface area contributed by atoms with Crippen LogP contribution in [-0.4, -0.2) is 19.2 Å². The number of carbonyl (C=O) groups excluding carboxylic acids is 1. The molecule has 0 unspecified atom stereocenters. The predicted octanol–water partition coefficient (Wildman–Crippen LogP) is 0.673. The van der Waals surface area contributed by atoms with Crippen LogP contribution in [-0.2, 0) is 9.53 Å². The van der Waals surface area contributed by atoms with E-state index in [1.807, 2.05) is 6.92 Å². The predicted molar refractivity (Wildman–Crippen MR) is 39.4 cm³/mol. The molecule has 0 fully saturated rings. The standard InChI is InChI=1S/C7H13NO2/c1-3-5-10-6-8-7(9)4-2/h4H,2-3,5-6H2,1H3,(H,8,9). The van der Waals surface area contributed by atoms with Gasteiger partial charge in [0.25, 0.3) is 0 Å². The first-order valence-electron chi connectivity index (χ1n) is 3.29. The fourth-order valence-corrected chi connectivity index (χ4v) is 0.411. The summed E-state index contributed by atoms with van der Waals surface area (Å²) in [4.78, 5) is 10.5. The normalized spacial score (nSPS) is 8.90. The molecule has 0 aliphatic rings. The molecule has 0 aliphatic carbocycles. The van der Waals surface area contributed by atoms with Crippen molar-refractivity contribution in [3.63, 3.8) is 0 Å². The molecule has 0 rings (SSSR count). The van der Waals surface area contributed by atoms with Crippen molar-refractivity contribution in [3.05, 3.63) is 12.7 Å². The summed E-state index contributed by atoms with van der Waals surface area (Å²) < 4.78 is 4.98. The van der Waals surface area contributed by atoms with Gasteiger partial charge >= 0.3 is 0 Å². The van der Waals surface area contributed by atoms with Gasteiger partial charge in [-0.3, -0.25) is 4.79 Å². The molecule has 0 saturated carbocycles. The van der Waals surface area contributed by atoms with E-state index in [9.17, 15) is 4.79 Å². The average molecular weight is 143 g/mol. The van der Waals surface area contributed by atoms with E-state index in [-0.39, 0.29) is 12.6 Å². The second-order valence-electron chi connectivity index (χ2n) is 1.80. The Balaban J connectivity index is 3.03. The molecule has 58 valence electrons. The summed E-state index contributed by atoms with van der Waals surface area (Å²) >= 11 is 0. The van der Waals surface area contributed by atoms with Crippen LogP contribution in [0.25, 0.3) is 0 Å². The summed E-state index contributed by atoms with van der Waals surface area (Å²) in [5.74, 6) is -0.198. The Bertz CT molecular complexity index is 112. The molecule has 0 radical (unpaired) electrons. The van der Waals surface area contributed by atoms with E-state index in [4.69, 9.17) is 4.74 Å². The van der Waals surface area contributed by atoms with E-state index in [0.717, 1.165) is 6.42 Å². The minimum Gasteiger partial charge on any atom is -0.361 e. The lowest BCUT2D eigenvalue weighted by Gasteiger charge is -2.01. The summed E-state index contributed by atoms with van der Waals surface area (Å²) in [5, 5.41) is 2.49. The smallest absolute Gasteiger partial charge is 0.245 e. The number of hydrogen-bond donors (Lipinski definition) is 1. The summed E-state index contributed by atoms with van der Waals surface area (Å²) in [6.07, 6.45) is 2.18. The van der Waals surface area contributed by atoms with E-state index in [1.54, 1.807) is 0 Å². The van der Waals surface area contributed by atoms with Crippen LogP contribution in [0, 0.1) is 0 Å². The molecule has 3 heteroatoms. The van der Waals surface area contributed by atoms with E-state index in [2.05, 4.69) is 11.9 Å². The maximum atomic E-state index is 10.5. The number of rotatable bonds is 5. The van der Waals surface area contributed by atoms with Gasteiger partial charge in [-0.2, -0.15) is 0 Å². The molecule has 3 nitrogen and oxygen atoms in total. The van der Waals surface area contributed by atoms with E-state index >= 15 is 0 Å². The molecule has 0 saturated heterocycles. The molecule has 10 heavy (non-hydrogen) atoms. The quantitative estimate of drug-likeness (QED) is 0.349. The molecule has 0 heterocycles. The number of amides is 1. The largest absolute Gasteiger partial charge is 0.361 e.